The van der Waals surface area contributed by atoms with Gasteiger partial charge in [0.05, 0.1) is 13.4 Å². The molecule has 0 radical (unpaired) electrons. The van der Waals surface area contributed by atoms with E-state index in [1.54, 1.807) is 5.32 Å². The van der Waals surface area contributed by atoms with Crippen molar-refractivity contribution in [1.29, 1.82) is 0 Å². The Balaban J connectivity index is 2.39. The Morgan fingerprint density at radius 2 is 1.62 bits per heavy atom. The standard InChI is InChI=1S/C16H12F6N2O5/c1-27-13(26)14(15(17,18)19,24-12(25)11-3-2-8-28-11)23-9-4-6-10(7-5-9)29-16(20,21)22/h2-8,23H,1H3,(H,24,25)/t14-/m1/s1. The van der Waals surface area contributed by atoms with Crippen LogP contribution in [0.3, 0.4) is 0 Å². The minimum absolute atomic E-state index is 0.470. The number of ether oxygens (including phenoxy) is 2. The number of carbonyl (C=O) groups excluding carboxylic acids is 2. The molecule has 0 aliphatic heterocycles. The fourth-order valence-corrected chi connectivity index (χ4v) is 2.14. The van der Waals surface area contributed by atoms with Gasteiger partial charge in [0.2, 0.25) is 0 Å². The molecule has 2 rings (SSSR count). The van der Waals surface area contributed by atoms with Crippen molar-refractivity contribution in [2.75, 3.05) is 12.4 Å². The predicted octanol–water partition coefficient (Wildman–Crippen LogP) is 3.45. The van der Waals surface area contributed by atoms with Crippen LogP contribution >= 0.6 is 0 Å². The molecule has 0 saturated carbocycles. The van der Waals surface area contributed by atoms with Gasteiger partial charge < -0.3 is 24.5 Å². The number of hydrogen-bond donors (Lipinski definition) is 2. The van der Waals surface area contributed by atoms with Gasteiger partial charge in [-0.2, -0.15) is 13.2 Å². The number of carbonyl (C=O) groups is 2. The molecule has 7 nitrogen and oxygen atoms in total. The Bertz CT molecular complexity index is 848. The number of alkyl halides is 6. The van der Waals surface area contributed by atoms with Crippen LogP contribution in [0.25, 0.3) is 0 Å². The monoisotopic (exact) mass is 426 g/mol. The highest BCUT2D eigenvalue weighted by molar-refractivity contribution is 5.97. The first-order chi connectivity index (χ1) is 13.4. The third-order valence-corrected chi connectivity index (χ3v) is 3.38. The van der Waals surface area contributed by atoms with Crippen LogP contribution in [-0.2, 0) is 9.53 Å². The van der Waals surface area contributed by atoms with Gasteiger partial charge in [-0.1, -0.05) is 0 Å². The van der Waals surface area contributed by atoms with E-state index in [1.807, 2.05) is 0 Å². The second kappa shape index (κ2) is 7.93. The van der Waals surface area contributed by atoms with E-state index >= 15 is 0 Å². The van der Waals surface area contributed by atoms with Gasteiger partial charge in [0.15, 0.2) is 5.76 Å². The van der Waals surface area contributed by atoms with Crippen molar-refractivity contribution in [3.8, 4) is 5.75 Å². The smallest absolute Gasteiger partial charge is 0.466 e. The summed E-state index contributed by atoms with van der Waals surface area (Å²) in [6.07, 6.45) is -9.41. The van der Waals surface area contributed by atoms with E-state index in [2.05, 4.69) is 9.47 Å². The van der Waals surface area contributed by atoms with Crippen LogP contribution in [-0.4, -0.2) is 37.2 Å². The number of halogens is 6. The van der Waals surface area contributed by atoms with Crippen molar-refractivity contribution < 1.29 is 49.8 Å². The number of furan rings is 1. The van der Waals surface area contributed by atoms with E-state index in [1.165, 1.54) is 11.4 Å². The lowest BCUT2D eigenvalue weighted by Gasteiger charge is -2.34. The van der Waals surface area contributed by atoms with Crippen LogP contribution < -0.4 is 15.4 Å². The maximum atomic E-state index is 13.8. The molecule has 1 heterocycles. The first-order valence-corrected chi connectivity index (χ1v) is 7.53. The van der Waals surface area contributed by atoms with Gasteiger partial charge >= 0.3 is 24.2 Å². The highest BCUT2D eigenvalue weighted by Crippen LogP contribution is 2.34. The number of benzene rings is 1. The molecule has 2 aromatic rings. The van der Waals surface area contributed by atoms with E-state index in [4.69, 9.17) is 4.42 Å². The van der Waals surface area contributed by atoms with Crippen molar-refractivity contribution in [3.63, 3.8) is 0 Å². The first kappa shape index (κ1) is 21.9. The Labute approximate surface area is 158 Å². The van der Waals surface area contributed by atoms with E-state index in [0.29, 0.717) is 19.2 Å². The number of anilines is 1. The SMILES string of the molecule is COC(=O)[C@](NC(=O)c1ccco1)(Nc1ccc(OC(F)(F)F)cc1)C(F)(F)F. The van der Waals surface area contributed by atoms with Gasteiger partial charge in [-0.15, -0.1) is 13.2 Å². The maximum absolute atomic E-state index is 13.8. The Kier molecular flexibility index (Phi) is 5.99. The van der Waals surface area contributed by atoms with Gasteiger partial charge in [0.25, 0.3) is 5.91 Å². The third kappa shape index (κ3) is 5.12. The topological polar surface area (TPSA) is 89.8 Å². The minimum Gasteiger partial charge on any atom is -0.466 e. The van der Waals surface area contributed by atoms with Gasteiger partial charge in [-0.3, -0.25) is 4.79 Å². The number of amides is 1. The highest BCUT2D eigenvalue weighted by Gasteiger charge is 2.63. The quantitative estimate of drug-likeness (QED) is 0.418. The predicted molar refractivity (Wildman–Crippen MR) is 83.7 cm³/mol. The summed E-state index contributed by atoms with van der Waals surface area (Å²) >= 11 is 0. The molecule has 1 amide bonds. The lowest BCUT2D eigenvalue weighted by atomic mass is 10.1. The van der Waals surface area contributed by atoms with Crippen LogP contribution in [0.15, 0.2) is 47.1 Å². The van der Waals surface area contributed by atoms with Crippen molar-refractivity contribution >= 4 is 17.6 Å². The Morgan fingerprint density at radius 1 is 1.00 bits per heavy atom. The van der Waals surface area contributed by atoms with Crippen LogP contribution in [0.2, 0.25) is 0 Å². The number of esters is 1. The zero-order valence-electron chi connectivity index (χ0n) is 14.4. The van der Waals surface area contributed by atoms with Gasteiger partial charge in [0.1, 0.15) is 5.75 Å². The molecule has 0 aliphatic rings. The molecule has 2 N–H and O–H groups in total. The fraction of sp³-hybridized carbons (Fsp3) is 0.250. The Hall–Kier alpha value is -3.38. The molecule has 13 heteroatoms. The van der Waals surface area contributed by atoms with Crippen LogP contribution in [0.5, 0.6) is 5.75 Å². The lowest BCUT2D eigenvalue weighted by molar-refractivity contribution is -0.274. The zero-order chi connectivity index (χ0) is 21.9. The van der Waals surface area contributed by atoms with Gasteiger partial charge in [-0.25, -0.2) is 4.79 Å². The first-order valence-electron chi connectivity index (χ1n) is 7.53. The molecule has 0 bridgehead atoms. The van der Waals surface area contributed by atoms with Crippen LogP contribution in [0.1, 0.15) is 10.6 Å². The summed E-state index contributed by atoms with van der Waals surface area (Å²) < 4.78 is 90.5. The summed E-state index contributed by atoms with van der Waals surface area (Å²) in [5.74, 6) is -4.57. The molecule has 0 unspecified atom stereocenters. The van der Waals surface area contributed by atoms with Crippen LogP contribution in [0, 0.1) is 0 Å². The molecule has 0 aliphatic carbocycles. The molecule has 0 spiro atoms. The van der Waals surface area contributed by atoms with E-state index < -0.39 is 47.3 Å². The summed E-state index contributed by atoms with van der Waals surface area (Å²) in [5.41, 5.74) is -4.24. The van der Waals surface area contributed by atoms with E-state index in [9.17, 15) is 35.9 Å². The summed E-state index contributed by atoms with van der Waals surface area (Å²) in [6, 6.07) is 5.27. The molecule has 1 aromatic carbocycles. The van der Waals surface area contributed by atoms with Crippen molar-refractivity contribution in [2.24, 2.45) is 0 Å². The molecular formula is C16H12F6N2O5. The minimum atomic E-state index is -5.43. The second-order valence-electron chi connectivity index (χ2n) is 5.37. The van der Waals surface area contributed by atoms with Crippen molar-refractivity contribution in [3.05, 3.63) is 48.4 Å². The van der Waals surface area contributed by atoms with Crippen molar-refractivity contribution in [2.45, 2.75) is 18.2 Å². The van der Waals surface area contributed by atoms with Crippen molar-refractivity contribution in [1.82, 2.24) is 5.32 Å². The lowest BCUT2D eigenvalue weighted by Crippen LogP contribution is -2.69. The molecule has 0 saturated heterocycles. The average Bonchev–Trinajstić information content (AvgIpc) is 3.14. The highest BCUT2D eigenvalue weighted by atomic mass is 19.4. The number of methoxy groups -OCH3 is 1. The molecule has 1 aromatic heterocycles. The third-order valence-electron chi connectivity index (χ3n) is 3.38. The van der Waals surface area contributed by atoms with Gasteiger partial charge in [-0.05, 0) is 36.4 Å². The summed E-state index contributed by atoms with van der Waals surface area (Å²) in [7, 11) is 0.657. The zero-order valence-corrected chi connectivity index (χ0v) is 14.4. The van der Waals surface area contributed by atoms with Gasteiger partial charge in [0, 0.05) is 5.69 Å². The summed E-state index contributed by atoms with van der Waals surface area (Å²) in [6.45, 7) is 0. The number of nitrogens with one attached hydrogen (secondary N) is 2. The van der Waals surface area contributed by atoms with E-state index in [0.717, 1.165) is 24.5 Å². The summed E-state index contributed by atoms with van der Waals surface area (Å²) in [4.78, 5) is 24.1. The van der Waals surface area contributed by atoms with E-state index in [-0.39, 0.29) is 0 Å². The average molecular weight is 426 g/mol. The normalized spacial score (nSPS) is 13.9. The summed E-state index contributed by atoms with van der Waals surface area (Å²) in [5, 5.41) is 3.23. The fourth-order valence-electron chi connectivity index (χ4n) is 2.14. The molecule has 29 heavy (non-hydrogen) atoms. The molecule has 0 fully saturated rings. The molecule has 1 atom stereocenters. The Morgan fingerprint density at radius 3 is 2.07 bits per heavy atom. The maximum Gasteiger partial charge on any atom is 0.573 e. The largest absolute Gasteiger partial charge is 0.573 e. The number of rotatable bonds is 6. The second-order valence-corrected chi connectivity index (χ2v) is 5.37. The molecule has 158 valence electrons. The van der Waals surface area contributed by atoms with Crippen LogP contribution in [0.4, 0.5) is 32.0 Å². The number of hydrogen-bond acceptors (Lipinski definition) is 6. The molecular weight excluding hydrogens is 414 g/mol.